The Morgan fingerprint density at radius 1 is 1.33 bits per heavy atom. The van der Waals surface area contributed by atoms with Crippen LogP contribution in [0, 0.1) is 11.8 Å². The van der Waals surface area contributed by atoms with Gasteiger partial charge in [-0.3, -0.25) is 4.79 Å². The quantitative estimate of drug-likeness (QED) is 0.447. The molecule has 3 N–H and O–H groups in total. The molecule has 0 aromatic rings. The number of aliphatic hydroxyl groups is 2. The van der Waals surface area contributed by atoms with Crippen molar-refractivity contribution in [3.63, 3.8) is 0 Å². The topological polar surface area (TPSA) is 87.0 Å². The normalized spacial score (nSPS) is 30.9. The van der Waals surface area contributed by atoms with Gasteiger partial charge in [0.25, 0.3) is 0 Å². The number of aliphatic hydroxyl groups excluding tert-OH is 2. The average molecular weight is 300 g/mol. The molecule has 1 fully saturated rings. The zero-order valence-electron chi connectivity index (χ0n) is 12.9. The van der Waals surface area contributed by atoms with Crippen LogP contribution in [0.1, 0.15) is 45.4 Å². The fourth-order valence-corrected chi connectivity index (χ4v) is 3.01. The van der Waals surface area contributed by atoms with Crippen LogP contribution in [0.15, 0.2) is 12.2 Å². The number of rotatable bonds is 9. The lowest BCUT2D eigenvalue weighted by Crippen LogP contribution is -2.24. The Morgan fingerprint density at radius 3 is 2.62 bits per heavy atom. The first-order valence-corrected chi connectivity index (χ1v) is 7.78. The number of methoxy groups -OCH3 is 1. The second kappa shape index (κ2) is 9.18. The highest BCUT2D eigenvalue weighted by Crippen LogP contribution is 2.36. The van der Waals surface area contributed by atoms with Crippen LogP contribution in [-0.2, 0) is 9.53 Å². The van der Waals surface area contributed by atoms with Crippen molar-refractivity contribution in [3.8, 4) is 0 Å². The summed E-state index contributed by atoms with van der Waals surface area (Å²) < 4.78 is 5.39. The van der Waals surface area contributed by atoms with Crippen LogP contribution < -0.4 is 0 Å². The Labute approximate surface area is 126 Å². The minimum absolute atomic E-state index is 0.0213. The summed E-state index contributed by atoms with van der Waals surface area (Å²) in [4.78, 5) is 10.9. The van der Waals surface area contributed by atoms with Gasteiger partial charge in [0, 0.05) is 25.4 Å². The molecular weight excluding hydrogens is 272 g/mol. The monoisotopic (exact) mass is 300 g/mol. The Bertz CT molecular complexity index is 342. The van der Waals surface area contributed by atoms with Crippen LogP contribution in [0.4, 0.5) is 0 Å². The number of unbranched alkanes of at least 4 members (excludes halogenated alkanes) is 2. The summed E-state index contributed by atoms with van der Waals surface area (Å²) >= 11 is 0. The van der Waals surface area contributed by atoms with Crippen molar-refractivity contribution in [3.05, 3.63) is 12.2 Å². The van der Waals surface area contributed by atoms with E-state index in [2.05, 4.69) is 6.92 Å². The molecule has 5 atom stereocenters. The lowest BCUT2D eigenvalue weighted by Gasteiger charge is -2.19. The van der Waals surface area contributed by atoms with E-state index < -0.39 is 24.1 Å². The predicted octanol–water partition coefficient (Wildman–Crippen LogP) is 1.97. The summed E-state index contributed by atoms with van der Waals surface area (Å²) in [5, 5.41) is 28.8. The first kappa shape index (κ1) is 18.1. The minimum Gasteiger partial charge on any atom is -0.481 e. The Hall–Kier alpha value is -0.910. The van der Waals surface area contributed by atoms with E-state index in [0.29, 0.717) is 0 Å². The molecule has 0 spiro atoms. The van der Waals surface area contributed by atoms with Crippen molar-refractivity contribution < 1.29 is 24.9 Å². The summed E-state index contributed by atoms with van der Waals surface area (Å²) in [6.45, 7) is 2.14. The minimum atomic E-state index is -0.946. The van der Waals surface area contributed by atoms with E-state index in [1.807, 2.05) is 12.2 Å². The largest absolute Gasteiger partial charge is 0.481 e. The zero-order valence-corrected chi connectivity index (χ0v) is 12.9. The van der Waals surface area contributed by atoms with Gasteiger partial charge in [-0.1, -0.05) is 38.3 Å². The van der Waals surface area contributed by atoms with Crippen LogP contribution in [-0.4, -0.2) is 46.7 Å². The summed E-state index contributed by atoms with van der Waals surface area (Å²) in [6.07, 6.45) is 6.66. The Morgan fingerprint density at radius 2 is 2.05 bits per heavy atom. The first-order chi connectivity index (χ1) is 9.99. The molecule has 122 valence electrons. The van der Waals surface area contributed by atoms with Crippen molar-refractivity contribution in [2.75, 3.05) is 7.11 Å². The number of carboxylic acid groups (broad SMARTS) is 1. The molecule has 1 rings (SSSR count). The van der Waals surface area contributed by atoms with Gasteiger partial charge in [-0.2, -0.15) is 0 Å². The van der Waals surface area contributed by atoms with Gasteiger partial charge >= 0.3 is 5.97 Å². The van der Waals surface area contributed by atoms with Crippen molar-refractivity contribution in [1.29, 1.82) is 0 Å². The number of carboxylic acids is 1. The van der Waals surface area contributed by atoms with E-state index in [0.717, 1.165) is 25.7 Å². The second-order valence-corrected chi connectivity index (χ2v) is 5.86. The van der Waals surface area contributed by atoms with Crippen molar-refractivity contribution in [1.82, 2.24) is 0 Å². The molecule has 5 heteroatoms. The standard InChI is InChI=1S/C16H28O5/c1-3-4-5-6-11(21-2)7-8-12-13(9-16(19)20)15(18)10-14(12)17/h7-8,11-15,17-18H,3-6,9-10H2,1-2H3,(H,19,20)/t11-,12-,13-,14-,15+/m1/s1. The molecule has 0 aromatic heterocycles. The molecule has 1 aliphatic rings. The summed E-state index contributed by atoms with van der Waals surface area (Å²) in [6, 6.07) is 0. The van der Waals surface area contributed by atoms with Gasteiger partial charge in [0.15, 0.2) is 0 Å². The Kier molecular flexibility index (Phi) is 7.93. The van der Waals surface area contributed by atoms with Crippen LogP contribution in [0.3, 0.4) is 0 Å². The molecular formula is C16H28O5. The molecule has 1 aliphatic carbocycles. The molecule has 0 aromatic carbocycles. The van der Waals surface area contributed by atoms with Crippen molar-refractivity contribution in [2.45, 2.75) is 63.8 Å². The number of aliphatic carboxylic acids is 1. The highest BCUT2D eigenvalue weighted by atomic mass is 16.5. The molecule has 21 heavy (non-hydrogen) atoms. The molecule has 0 heterocycles. The molecule has 0 saturated heterocycles. The molecule has 0 radical (unpaired) electrons. The average Bonchev–Trinajstić information content (AvgIpc) is 2.68. The fraction of sp³-hybridized carbons (Fsp3) is 0.812. The lowest BCUT2D eigenvalue weighted by atomic mass is 9.90. The zero-order chi connectivity index (χ0) is 15.8. The van der Waals surface area contributed by atoms with Gasteiger partial charge < -0.3 is 20.1 Å². The summed E-state index contributed by atoms with van der Waals surface area (Å²) in [7, 11) is 1.65. The van der Waals surface area contributed by atoms with Gasteiger partial charge in [0.05, 0.1) is 24.7 Å². The van der Waals surface area contributed by atoms with E-state index >= 15 is 0 Å². The number of hydrogen-bond acceptors (Lipinski definition) is 4. The third-order valence-electron chi connectivity index (χ3n) is 4.27. The highest BCUT2D eigenvalue weighted by Gasteiger charge is 2.41. The van der Waals surface area contributed by atoms with Crippen molar-refractivity contribution >= 4 is 5.97 Å². The molecule has 0 unspecified atom stereocenters. The second-order valence-electron chi connectivity index (χ2n) is 5.86. The third-order valence-corrected chi connectivity index (χ3v) is 4.27. The maximum Gasteiger partial charge on any atom is 0.303 e. The van der Waals surface area contributed by atoms with Crippen molar-refractivity contribution in [2.24, 2.45) is 11.8 Å². The molecule has 0 amide bonds. The number of carbonyl (C=O) groups is 1. The van der Waals surface area contributed by atoms with Crippen LogP contribution in [0.5, 0.6) is 0 Å². The molecule has 1 saturated carbocycles. The molecule has 0 bridgehead atoms. The van der Waals surface area contributed by atoms with E-state index in [4.69, 9.17) is 9.84 Å². The lowest BCUT2D eigenvalue weighted by molar-refractivity contribution is -0.139. The molecule has 5 nitrogen and oxygen atoms in total. The van der Waals surface area contributed by atoms with Gasteiger partial charge in [0.1, 0.15) is 0 Å². The number of hydrogen-bond donors (Lipinski definition) is 3. The summed E-state index contributed by atoms with van der Waals surface area (Å²) in [5.41, 5.74) is 0. The van der Waals surface area contributed by atoms with Gasteiger partial charge in [-0.05, 0) is 6.42 Å². The summed E-state index contributed by atoms with van der Waals surface area (Å²) in [5.74, 6) is -1.69. The van der Waals surface area contributed by atoms with Crippen LogP contribution >= 0.6 is 0 Å². The van der Waals surface area contributed by atoms with Gasteiger partial charge in [-0.15, -0.1) is 0 Å². The van der Waals surface area contributed by atoms with E-state index in [-0.39, 0.29) is 24.9 Å². The SMILES string of the molecule is CCCCC[C@H](C=C[C@@H]1[C@@H](CC(=O)O)[C@@H](O)C[C@H]1O)OC. The Balaban J connectivity index is 2.62. The van der Waals surface area contributed by atoms with Gasteiger partial charge in [-0.25, -0.2) is 0 Å². The maximum atomic E-state index is 10.9. The highest BCUT2D eigenvalue weighted by molar-refractivity contribution is 5.67. The third kappa shape index (κ3) is 5.77. The van der Waals surface area contributed by atoms with Crippen LogP contribution in [0.2, 0.25) is 0 Å². The van der Waals surface area contributed by atoms with E-state index in [1.54, 1.807) is 7.11 Å². The van der Waals surface area contributed by atoms with E-state index in [1.165, 1.54) is 0 Å². The number of ether oxygens (including phenoxy) is 1. The van der Waals surface area contributed by atoms with Gasteiger partial charge in [0.2, 0.25) is 0 Å². The molecule has 0 aliphatic heterocycles. The van der Waals surface area contributed by atoms with E-state index in [9.17, 15) is 15.0 Å². The predicted molar refractivity (Wildman–Crippen MR) is 79.9 cm³/mol. The fourth-order valence-electron chi connectivity index (χ4n) is 3.01. The smallest absolute Gasteiger partial charge is 0.303 e. The van der Waals surface area contributed by atoms with Crippen LogP contribution in [0.25, 0.3) is 0 Å². The first-order valence-electron chi connectivity index (χ1n) is 7.78. The maximum absolute atomic E-state index is 10.9.